The van der Waals surface area contributed by atoms with Crippen molar-refractivity contribution in [2.75, 3.05) is 13.7 Å². The lowest BCUT2D eigenvalue weighted by atomic mass is 9.81. The Morgan fingerprint density at radius 3 is 2.66 bits per heavy atom. The molecule has 2 heterocycles. The number of cyclic esters (lactones) is 1. The van der Waals surface area contributed by atoms with Gasteiger partial charge in [-0.3, -0.25) is 9.48 Å². The number of hydrogen-bond donors (Lipinski definition) is 2. The van der Waals surface area contributed by atoms with Gasteiger partial charge in [0.15, 0.2) is 0 Å². The molecule has 1 aromatic heterocycles. The number of esters is 1. The number of benzene rings is 1. The lowest BCUT2D eigenvalue weighted by Gasteiger charge is -2.29. The van der Waals surface area contributed by atoms with Gasteiger partial charge in [-0.25, -0.2) is 4.79 Å². The molecule has 1 aliphatic heterocycles. The number of hydrogen-bond acceptors (Lipinski definition) is 5. The molecular weight excluding hydrogens is 446 g/mol. The number of carboxylic acid groups (broad SMARTS) is 1. The van der Waals surface area contributed by atoms with Crippen molar-refractivity contribution in [3.63, 3.8) is 0 Å². The van der Waals surface area contributed by atoms with Crippen LogP contribution in [0.2, 0.25) is 0 Å². The molecule has 1 amide bonds. The molecule has 0 saturated carbocycles. The summed E-state index contributed by atoms with van der Waals surface area (Å²) < 4.78 is 12.8. The first-order valence-corrected chi connectivity index (χ1v) is 12.7. The fourth-order valence-electron chi connectivity index (χ4n) is 5.19. The molecule has 1 saturated heterocycles. The molecule has 1 aliphatic rings. The number of carbonyl (C=O) groups excluding carboxylic acids is 1. The van der Waals surface area contributed by atoms with E-state index in [0.29, 0.717) is 25.4 Å². The SMILES string of the molecule is COCCCc1nn(C)c2ccc(C[C@H](C[C@H](NC(=O)O)[C@@H]3C[C@@H](C(C)C)C(=O)O3)C(C)C)cc12. The molecular formula is C27H41N3O5. The van der Waals surface area contributed by atoms with Gasteiger partial charge in [0.2, 0.25) is 0 Å². The molecule has 8 heteroatoms. The quantitative estimate of drug-likeness (QED) is 0.336. The molecule has 2 N–H and O–H groups in total. The highest BCUT2D eigenvalue weighted by atomic mass is 16.6. The Labute approximate surface area is 208 Å². The van der Waals surface area contributed by atoms with Crippen LogP contribution >= 0.6 is 0 Å². The molecule has 0 bridgehead atoms. The Kier molecular flexibility index (Phi) is 9.16. The first-order valence-electron chi connectivity index (χ1n) is 12.7. The number of methoxy groups -OCH3 is 1. The van der Waals surface area contributed by atoms with E-state index >= 15 is 0 Å². The zero-order valence-corrected chi connectivity index (χ0v) is 21.9. The number of nitrogens with zero attached hydrogens (tertiary/aromatic N) is 2. The van der Waals surface area contributed by atoms with Gasteiger partial charge < -0.3 is 19.9 Å². The van der Waals surface area contributed by atoms with E-state index in [1.54, 1.807) is 7.11 Å². The summed E-state index contributed by atoms with van der Waals surface area (Å²) in [5, 5.41) is 18.0. The number of nitrogens with one attached hydrogen (secondary N) is 1. The van der Waals surface area contributed by atoms with Crippen molar-refractivity contribution < 1.29 is 24.2 Å². The average molecular weight is 488 g/mol. The fraction of sp³-hybridized carbons (Fsp3) is 0.667. The van der Waals surface area contributed by atoms with Gasteiger partial charge in [-0.15, -0.1) is 0 Å². The van der Waals surface area contributed by atoms with E-state index in [-0.39, 0.29) is 23.7 Å². The van der Waals surface area contributed by atoms with E-state index < -0.39 is 18.2 Å². The minimum absolute atomic E-state index is 0.170. The monoisotopic (exact) mass is 487 g/mol. The Balaban J connectivity index is 1.80. The van der Waals surface area contributed by atoms with Crippen LogP contribution in [0.3, 0.4) is 0 Å². The molecule has 194 valence electrons. The molecule has 35 heavy (non-hydrogen) atoms. The lowest BCUT2D eigenvalue weighted by molar-refractivity contribution is -0.146. The van der Waals surface area contributed by atoms with Crippen molar-refractivity contribution in [1.82, 2.24) is 15.1 Å². The summed E-state index contributed by atoms with van der Waals surface area (Å²) in [7, 11) is 3.68. The predicted molar refractivity (Wildman–Crippen MR) is 135 cm³/mol. The van der Waals surface area contributed by atoms with Crippen LogP contribution in [-0.2, 0) is 34.2 Å². The fourth-order valence-corrected chi connectivity index (χ4v) is 5.19. The summed E-state index contributed by atoms with van der Waals surface area (Å²) in [6.07, 6.45) is 2.24. The maximum absolute atomic E-state index is 12.4. The van der Waals surface area contributed by atoms with E-state index in [0.717, 1.165) is 35.9 Å². The number of fused-ring (bicyclic) bond motifs is 1. The highest BCUT2D eigenvalue weighted by Gasteiger charge is 2.41. The summed E-state index contributed by atoms with van der Waals surface area (Å²) in [5.74, 6) is 0.321. The zero-order chi connectivity index (χ0) is 25.7. The van der Waals surface area contributed by atoms with Crippen LogP contribution in [0, 0.1) is 23.7 Å². The molecule has 1 aromatic carbocycles. The molecule has 0 spiro atoms. The van der Waals surface area contributed by atoms with Crippen LogP contribution in [0.4, 0.5) is 4.79 Å². The topological polar surface area (TPSA) is 103 Å². The average Bonchev–Trinajstić information content (AvgIpc) is 3.32. The predicted octanol–water partition coefficient (Wildman–Crippen LogP) is 4.58. The van der Waals surface area contributed by atoms with Crippen molar-refractivity contribution in [2.45, 2.75) is 71.9 Å². The molecule has 2 aromatic rings. The van der Waals surface area contributed by atoms with Crippen LogP contribution < -0.4 is 5.32 Å². The molecule has 0 radical (unpaired) electrons. The summed E-state index contributed by atoms with van der Waals surface area (Å²) in [6.45, 7) is 9.04. The molecule has 0 unspecified atom stereocenters. The number of aromatic nitrogens is 2. The molecule has 1 fully saturated rings. The maximum atomic E-state index is 12.4. The minimum Gasteiger partial charge on any atom is -0.465 e. The van der Waals surface area contributed by atoms with E-state index in [1.807, 2.05) is 25.6 Å². The highest BCUT2D eigenvalue weighted by Crippen LogP contribution is 2.33. The second-order valence-corrected chi connectivity index (χ2v) is 10.6. The zero-order valence-electron chi connectivity index (χ0n) is 21.9. The van der Waals surface area contributed by atoms with Crippen LogP contribution in [-0.4, -0.2) is 52.8 Å². The Hall–Kier alpha value is -2.61. The van der Waals surface area contributed by atoms with Gasteiger partial charge in [-0.2, -0.15) is 5.10 Å². The van der Waals surface area contributed by atoms with Crippen LogP contribution in [0.15, 0.2) is 18.2 Å². The van der Waals surface area contributed by atoms with Crippen LogP contribution in [0.1, 0.15) is 58.2 Å². The van der Waals surface area contributed by atoms with E-state index in [1.165, 1.54) is 5.56 Å². The van der Waals surface area contributed by atoms with E-state index in [4.69, 9.17) is 14.6 Å². The van der Waals surface area contributed by atoms with Crippen molar-refractivity contribution in [3.05, 3.63) is 29.5 Å². The van der Waals surface area contributed by atoms with Gasteiger partial charge in [0.25, 0.3) is 0 Å². The number of amides is 1. The van der Waals surface area contributed by atoms with Gasteiger partial charge >= 0.3 is 12.1 Å². The van der Waals surface area contributed by atoms with Gasteiger partial charge in [0.05, 0.1) is 23.2 Å². The smallest absolute Gasteiger partial charge is 0.405 e. The number of ether oxygens (including phenoxy) is 2. The highest BCUT2D eigenvalue weighted by molar-refractivity contribution is 5.82. The van der Waals surface area contributed by atoms with Crippen LogP contribution in [0.5, 0.6) is 0 Å². The van der Waals surface area contributed by atoms with Crippen molar-refractivity contribution in [1.29, 1.82) is 0 Å². The number of aryl methyl sites for hydroxylation is 2. The Morgan fingerprint density at radius 2 is 2.06 bits per heavy atom. The first-order chi connectivity index (χ1) is 16.6. The van der Waals surface area contributed by atoms with Crippen molar-refractivity contribution >= 4 is 23.0 Å². The third-order valence-electron chi connectivity index (χ3n) is 7.37. The largest absolute Gasteiger partial charge is 0.465 e. The minimum atomic E-state index is -1.08. The second kappa shape index (κ2) is 11.9. The van der Waals surface area contributed by atoms with Gasteiger partial charge in [0.1, 0.15) is 6.10 Å². The van der Waals surface area contributed by atoms with Crippen molar-refractivity contribution in [2.24, 2.45) is 30.7 Å². The van der Waals surface area contributed by atoms with Gasteiger partial charge in [-0.05, 0) is 67.6 Å². The summed E-state index contributed by atoms with van der Waals surface area (Å²) in [6, 6.07) is 6.05. The molecule has 0 aliphatic carbocycles. The van der Waals surface area contributed by atoms with Gasteiger partial charge in [0, 0.05) is 26.2 Å². The molecule has 4 atom stereocenters. The third-order valence-corrected chi connectivity index (χ3v) is 7.37. The summed E-state index contributed by atoms with van der Waals surface area (Å²) >= 11 is 0. The Morgan fingerprint density at radius 1 is 1.31 bits per heavy atom. The lowest BCUT2D eigenvalue weighted by Crippen LogP contribution is -2.44. The maximum Gasteiger partial charge on any atom is 0.405 e. The van der Waals surface area contributed by atoms with Gasteiger partial charge in [-0.1, -0.05) is 33.8 Å². The van der Waals surface area contributed by atoms with Crippen molar-refractivity contribution in [3.8, 4) is 0 Å². The molecule has 8 nitrogen and oxygen atoms in total. The summed E-state index contributed by atoms with van der Waals surface area (Å²) in [5.41, 5.74) is 3.38. The molecule has 3 rings (SSSR count). The Bertz CT molecular complexity index is 1020. The standard InChI is InChI=1S/C27H41N3O5/c1-16(2)19(14-23(28-27(32)33)25-15-20(17(3)4)26(31)35-25)12-18-9-10-24-21(13-18)22(29-30(24)5)8-7-11-34-6/h9-10,13,16-17,19-20,23,25,28H,7-8,11-12,14-15H2,1-6H3,(H,32,33)/t19-,20+,23+,25+/m1/s1. The third kappa shape index (κ3) is 6.75. The second-order valence-electron chi connectivity index (χ2n) is 10.6. The van der Waals surface area contributed by atoms with Crippen LogP contribution in [0.25, 0.3) is 10.9 Å². The summed E-state index contributed by atoms with van der Waals surface area (Å²) in [4.78, 5) is 24.0. The number of rotatable bonds is 12. The normalized spacial score (nSPS) is 19.9. The van der Waals surface area contributed by atoms with E-state index in [2.05, 4.69) is 37.4 Å². The first kappa shape index (κ1) is 27.0. The van der Waals surface area contributed by atoms with E-state index in [9.17, 15) is 14.7 Å². The number of carbonyl (C=O) groups is 2.